The van der Waals surface area contributed by atoms with E-state index in [2.05, 4.69) is 25.8 Å². The first-order valence-electron chi connectivity index (χ1n) is 5.92. The molecule has 2 unspecified atom stereocenters. The van der Waals surface area contributed by atoms with Crippen LogP contribution in [0.4, 0.5) is 0 Å². The summed E-state index contributed by atoms with van der Waals surface area (Å²) in [6.45, 7) is 6.71. The zero-order chi connectivity index (χ0) is 12.2. The van der Waals surface area contributed by atoms with E-state index in [4.69, 9.17) is 21.1 Å². The van der Waals surface area contributed by atoms with Crippen molar-refractivity contribution in [3.05, 3.63) is 0 Å². The maximum absolute atomic E-state index is 6.11. The quantitative estimate of drug-likeness (QED) is 0.674. The van der Waals surface area contributed by atoms with Gasteiger partial charge in [-0.2, -0.15) is 0 Å². The van der Waals surface area contributed by atoms with Gasteiger partial charge in [-0.3, -0.25) is 0 Å². The largest absolute Gasteiger partial charge is 0.383 e. The molecular formula is C12H24ClNO2. The Morgan fingerprint density at radius 1 is 1.56 bits per heavy atom. The number of ether oxygens (including phenoxy) is 2. The molecule has 0 aromatic heterocycles. The predicted octanol–water partition coefficient (Wildman–Crippen LogP) is 2.13. The van der Waals surface area contributed by atoms with Crippen LogP contribution in [0.3, 0.4) is 0 Å². The zero-order valence-corrected chi connectivity index (χ0v) is 11.6. The van der Waals surface area contributed by atoms with Crippen LogP contribution in [-0.4, -0.2) is 55.8 Å². The molecule has 0 saturated carbocycles. The van der Waals surface area contributed by atoms with Crippen LogP contribution >= 0.6 is 11.6 Å². The molecule has 2 atom stereocenters. The average Bonchev–Trinajstić information content (AvgIpc) is 2.45. The first-order valence-corrected chi connectivity index (χ1v) is 6.36. The molecule has 1 heterocycles. The number of rotatable bonds is 6. The highest BCUT2D eigenvalue weighted by atomic mass is 35.5. The summed E-state index contributed by atoms with van der Waals surface area (Å²) in [5, 5.41) is 0.0596. The van der Waals surface area contributed by atoms with Gasteiger partial charge in [0, 0.05) is 20.2 Å². The Bertz CT molecular complexity index is 211. The second-order valence-electron chi connectivity index (χ2n) is 5.31. The summed E-state index contributed by atoms with van der Waals surface area (Å²) in [4.78, 5) is 2.22. The Kier molecular flexibility index (Phi) is 5.51. The van der Waals surface area contributed by atoms with Gasteiger partial charge in [-0.25, -0.2) is 0 Å². The molecule has 1 aliphatic rings. The normalized spacial score (nSPS) is 26.2. The van der Waals surface area contributed by atoms with Crippen LogP contribution in [-0.2, 0) is 9.47 Å². The van der Waals surface area contributed by atoms with Crippen LogP contribution in [0, 0.1) is 0 Å². The van der Waals surface area contributed by atoms with Crippen molar-refractivity contribution in [3.8, 4) is 0 Å². The van der Waals surface area contributed by atoms with Crippen LogP contribution in [0.2, 0.25) is 0 Å². The van der Waals surface area contributed by atoms with E-state index in [1.807, 2.05) is 0 Å². The SMILES string of the molecule is COCC(Cl)CN(C)CC1CCC(C)(C)O1. The number of hydrogen-bond donors (Lipinski definition) is 0. The number of hydrogen-bond acceptors (Lipinski definition) is 3. The molecule has 16 heavy (non-hydrogen) atoms. The van der Waals surface area contributed by atoms with Crippen molar-refractivity contribution < 1.29 is 9.47 Å². The highest BCUT2D eigenvalue weighted by molar-refractivity contribution is 6.20. The zero-order valence-electron chi connectivity index (χ0n) is 10.8. The number of likely N-dealkylation sites (N-methyl/N-ethyl adjacent to an activating group) is 1. The average molecular weight is 250 g/mol. The van der Waals surface area contributed by atoms with E-state index < -0.39 is 0 Å². The summed E-state index contributed by atoms with van der Waals surface area (Å²) in [5.74, 6) is 0. The second-order valence-corrected chi connectivity index (χ2v) is 5.93. The third-order valence-electron chi connectivity index (χ3n) is 2.93. The second kappa shape index (κ2) is 6.20. The molecule has 3 nitrogen and oxygen atoms in total. The summed E-state index contributed by atoms with van der Waals surface area (Å²) >= 11 is 6.11. The molecule has 0 aromatic rings. The first kappa shape index (κ1) is 14.2. The molecule has 1 aliphatic heterocycles. The Labute approximate surface area is 104 Å². The van der Waals surface area contributed by atoms with Gasteiger partial charge in [0.15, 0.2) is 0 Å². The van der Waals surface area contributed by atoms with Gasteiger partial charge in [0.1, 0.15) is 0 Å². The summed E-state index contributed by atoms with van der Waals surface area (Å²) in [5.41, 5.74) is 0.0540. The van der Waals surface area contributed by atoms with E-state index in [9.17, 15) is 0 Å². The van der Waals surface area contributed by atoms with Crippen LogP contribution in [0.25, 0.3) is 0 Å². The summed E-state index contributed by atoms with van der Waals surface area (Å²) in [6, 6.07) is 0. The maximum atomic E-state index is 6.11. The predicted molar refractivity (Wildman–Crippen MR) is 67.2 cm³/mol. The smallest absolute Gasteiger partial charge is 0.0710 e. The highest BCUT2D eigenvalue weighted by Gasteiger charge is 2.32. The Balaban J connectivity index is 2.22. The van der Waals surface area contributed by atoms with Crippen molar-refractivity contribution >= 4 is 11.6 Å². The molecule has 1 saturated heterocycles. The summed E-state index contributed by atoms with van der Waals surface area (Å²) in [6.07, 6.45) is 2.65. The fourth-order valence-electron chi connectivity index (χ4n) is 2.20. The maximum Gasteiger partial charge on any atom is 0.0710 e. The van der Waals surface area contributed by atoms with Gasteiger partial charge >= 0.3 is 0 Å². The van der Waals surface area contributed by atoms with Crippen molar-refractivity contribution in [1.82, 2.24) is 4.90 Å². The van der Waals surface area contributed by atoms with Gasteiger partial charge in [0.25, 0.3) is 0 Å². The van der Waals surface area contributed by atoms with E-state index in [-0.39, 0.29) is 11.0 Å². The monoisotopic (exact) mass is 249 g/mol. The minimum atomic E-state index is 0.0540. The van der Waals surface area contributed by atoms with Gasteiger partial charge in [-0.15, -0.1) is 11.6 Å². The molecule has 0 aliphatic carbocycles. The van der Waals surface area contributed by atoms with E-state index in [0.29, 0.717) is 12.7 Å². The topological polar surface area (TPSA) is 21.7 Å². The Morgan fingerprint density at radius 3 is 2.75 bits per heavy atom. The summed E-state index contributed by atoms with van der Waals surface area (Å²) < 4.78 is 11.0. The van der Waals surface area contributed by atoms with Crippen molar-refractivity contribution in [2.45, 2.75) is 43.8 Å². The van der Waals surface area contributed by atoms with Gasteiger partial charge in [0.2, 0.25) is 0 Å². The fraction of sp³-hybridized carbons (Fsp3) is 1.00. The Morgan fingerprint density at radius 2 is 2.25 bits per heavy atom. The van der Waals surface area contributed by atoms with E-state index in [1.165, 1.54) is 0 Å². The molecule has 0 aromatic carbocycles. The van der Waals surface area contributed by atoms with Crippen molar-refractivity contribution in [1.29, 1.82) is 0 Å². The van der Waals surface area contributed by atoms with E-state index in [0.717, 1.165) is 25.9 Å². The molecule has 4 heteroatoms. The Hall–Kier alpha value is 0.170. The van der Waals surface area contributed by atoms with Crippen LogP contribution in [0.1, 0.15) is 26.7 Å². The molecule has 0 spiro atoms. The van der Waals surface area contributed by atoms with Gasteiger partial charge in [0.05, 0.1) is 23.7 Å². The molecule has 0 amide bonds. The van der Waals surface area contributed by atoms with Crippen molar-refractivity contribution in [2.24, 2.45) is 0 Å². The minimum absolute atomic E-state index is 0.0540. The van der Waals surface area contributed by atoms with Gasteiger partial charge in [-0.05, 0) is 33.7 Å². The molecule has 96 valence electrons. The molecule has 1 fully saturated rings. The van der Waals surface area contributed by atoms with Crippen LogP contribution < -0.4 is 0 Å². The molecular weight excluding hydrogens is 226 g/mol. The highest BCUT2D eigenvalue weighted by Crippen LogP contribution is 2.29. The number of methoxy groups -OCH3 is 1. The lowest BCUT2D eigenvalue weighted by atomic mass is 10.1. The van der Waals surface area contributed by atoms with Gasteiger partial charge in [-0.1, -0.05) is 0 Å². The number of alkyl halides is 1. The third-order valence-corrected chi connectivity index (χ3v) is 3.19. The van der Waals surface area contributed by atoms with Crippen molar-refractivity contribution in [2.75, 3.05) is 33.9 Å². The molecule has 1 rings (SSSR count). The summed E-state index contributed by atoms with van der Waals surface area (Å²) in [7, 11) is 3.76. The third kappa shape index (κ3) is 5.00. The first-order chi connectivity index (χ1) is 7.43. The fourth-order valence-corrected chi connectivity index (χ4v) is 2.56. The number of halogens is 1. The van der Waals surface area contributed by atoms with Crippen molar-refractivity contribution in [3.63, 3.8) is 0 Å². The van der Waals surface area contributed by atoms with Gasteiger partial charge < -0.3 is 14.4 Å². The minimum Gasteiger partial charge on any atom is -0.383 e. The van der Waals surface area contributed by atoms with E-state index >= 15 is 0 Å². The van der Waals surface area contributed by atoms with Crippen LogP contribution in [0.5, 0.6) is 0 Å². The van der Waals surface area contributed by atoms with E-state index in [1.54, 1.807) is 7.11 Å². The molecule has 0 radical (unpaired) electrons. The lowest BCUT2D eigenvalue weighted by molar-refractivity contribution is -0.0263. The molecule has 0 N–H and O–H groups in total. The number of nitrogens with zero attached hydrogens (tertiary/aromatic N) is 1. The van der Waals surface area contributed by atoms with Crippen LogP contribution in [0.15, 0.2) is 0 Å². The lowest BCUT2D eigenvalue weighted by Crippen LogP contribution is -2.35. The standard InChI is InChI=1S/C12H24ClNO2/c1-12(2)6-5-11(16-12)8-14(3)7-10(13)9-15-4/h10-11H,5-9H2,1-4H3. The molecule has 0 bridgehead atoms. The lowest BCUT2D eigenvalue weighted by Gasteiger charge is -2.25.